The Hall–Kier alpha value is -0.760. The van der Waals surface area contributed by atoms with Gasteiger partial charge in [0.1, 0.15) is 13.2 Å². The lowest BCUT2D eigenvalue weighted by atomic mass is 10.0. The van der Waals surface area contributed by atoms with Crippen LogP contribution in [0.5, 0.6) is 0 Å². The molecule has 238 valence electrons. The molecule has 1 amide bonds. The molecule has 0 saturated carbocycles. The minimum Gasteiger partial charge on any atom is -0.756 e. The fourth-order valence-corrected chi connectivity index (χ4v) is 5.05. The lowest BCUT2D eigenvalue weighted by Crippen LogP contribution is -2.45. The van der Waals surface area contributed by atoms with Gasteiger partial charge in [0, 0.05) is 6.42 Å². The van der Waals surface area contributed by atoms with Crippen molar-refractivity contribution in [3.8, 4) is 0 Å². The van der Waals surface area contributed by atoms with Crippen molar-refractivity contribution in [3.63, 3.8) is 0 Å². The molecule has 0 rings (SSSR count). The maximum atomic E-state index is 12.5. The summed E-state index contributed by atoms with van der Waals surface area (Å²) in [6.45, 7) is 4.51. The minimum absolute atomic E-state index is 0.000475. The number of rotatable bonds is 28. The molecule has 9 heteroatoms. The van der Waals surface area contributed by atoms with Crippen molar-refractivity contribution in [1.29, 1.82) is 0 Å². The predicted octanol–water partition coefficient (Wildman–Crippen LogP) is 6.66. The van der Waals surface area contributed by atoms with Crippen LogP contribution in [0.15, 0.2) is 12.2 Å². The van der Waals surface area contributed by atoms with Crippen LogP contribution in [0.25, 0.3) is 0 Å². The van der Waals surface area contributed by atoms with Gasteiger partial charge in [0.25, 0.3) is 7.82 Å². The zero-order chi connectivity index (χ0) is 30.1. The van der Waals surface area contributed by atoms with Gasteiger partial charge in [-0.1, -0.05) is 116 Å². The summed E-state index contributed by atoms with van der Waals surface area (Å²) in [6.07, 6.45) is 22.8. The number of aliphatic hydroxyl groups excluding tert-OH is 1. The van der Waals surface area contributed by atoms with Crippen molar-refractivity contribution in [2.45, 2.75) is 142 Å². The van der Waals surface area contributed by atoms with Gasteiger partial charge in [-0.15, -0.1) is 0 Å². The summed E-state index contributed by atoms with van der Waals surface area (Å²) in [4.78, 5) is 24.8. The molecule has 0 heterocycles. The summed E-state index contributed by atoms with van der Waals surface area (Å²) >= 11 is 0. The number of nitrogens with one attached hydrogen (secondary N) is 1. The number of aliphatic hydroxyl groups is 1. The molecule has 0 radical (unpaired) electrons. The third kappa shape index (κ3) is 26.2. The fourth-order valence-electron chi connectivity index (χ4n) is 4.33. The molecular weight excluding hydrogens is 527 g/mol. The summed E-state index contributed by atoms with van der Waals surface area (Å²) in [5.74, 6) is -0.213. The Morgan fingerprint density at radius 3 is 1.88 bits per heavy atom. The van der Waals surface area contributed by atoms with Gasteiger partial charge in [0.05, 0.1) is 39.9 Å². The zero-order valence-electron chi connectivity index (χ0n) is 26.5. The van der Waals surface area contributed by atoms with E-state index in [0.717, 1.165) is 51.4 Å². The molecule has 0 aliphatic carbocycles. The van der Waals surface area contributed by atoms with Crippen molar-refractivity contribution in [3.05, 3.63) is 12.2 Å². The van der Waals surface area contributed by atoms with Crippen LogP contribution in [0, 0.1) is 0 Å². The highest BCUT2D eigenvalue weighted by Crippen LogP contribution is 2.38. The molecule has 3 unspecified atom stereocenters. The molecule has 0 aliphatic heterocycles. The van der Waals surface area contributed by atoms with Crippen LogP contribution in [0.3, 0.4) is 0 Å². The van der Waals surface area contributed by atoms with Crippen LogP contribution in [0.2, 0.25) is 0 Å². The van der Waals surface area contributed by atoms with E-state index in [9.17, 15) is 19.4 Å². The highest BCUT2D eigenvalue weighted by Gasteiger charge is 2.23. The molecule has 40 heavy (non-hydrogen) atoms. The number of unbranched alkanes of at least 4 members (excludes halogenated alkanes) is 15. The molecule has 0 fully saturated rings. The van der Waals surface area contributed by atoms with Crippen LogP contribution < -0.4 is 10.2 Å². The standard InChI is InChI=1S/C31H63N2O6P/c1-6-8-10-12-13-14-15-16-17-18-19-21-22-24-30(34)29(32-31(35)25-23-20-11-9-7-2)28-39-40(36,37)38-27-26-33(3,4)5/h22,24,29-30,34H,6-21,23,25-28H2,1-5H3,(H-,32,35,36,37)/b24-22+. The molecule has 0 aromatic rings. The first kappa shape index (κ1) is 39.2. The van der Waals surface area contributed by atoms with Gasteiger partial charge in [-0.3, -0.25) is 9.36 Å². The van der Waals surface area contributed by atoms with Gasteiger partial charge < -0.3 is 28.8 Å². The van der Waals surface area contributed by atoms with E-state index in [0.29, 0.717) is 17.4 Å². The number of quaternary nitrogens is 1. The Morgan fingerprint density at radius 2 is 1.35 bits per heavy atom. The molecule has 2 N–H and O–H groups in total. The molecule has 0 aromatic carbocycles. The Morgan fingerprint density at radius 1 is 0.850 bits per heavy atom. The predicted molar refractivity (Wildman–Crippen MR) is 164 cm³/mol. The average Bonchev–Trinajstić information content (AvgIpc) is 2.88. The molecule has 0 aliphatic rings. The number of amides is 1. The quantitative estimate of drug-likeness (QED) is 0.0457. The third-order valence-electron chi connectivity index (χ3n) is 7.00. The van der Waals surface area contributed by atoms with Crippen LogP contribution in [-0.2, 0) is 18.4 Å². The van der Waals surface area contributed by atoms with Gasteiger partial charge in [-0.25, -0.2) is 0 Å². The number of allylic oxidation sites excluding steroid dienone is 1. The summed E-state index contributed by atoms with van der Waals surface area (Å²) in [5, 5.41) is 13.5. The number of phosphoric ester groups is 1. The van der Waals surface area contributed by atoms with E-state index >= 15 is 0 Å². The van der Waals surface area contributed by atoms with Crippen molar-refractivity contribution in [2.75, 3.05) is 40.9 Å². The lowest BCUT2D eigenvalue weighted by molar-refractivity contribution is -0.870. The second kappa shape index (κ2) is 24.8. The fraction of sp³-hybridized carbons (Fsp3) is 0.903. The third-order valence-corrected chi connectivity index (χ3v) is 7.96. The van der Waals surface area contributed by atoms with Gasteiger partial charge in [-0.05, 0) is 19.3 Å². The molecular formula is C31H63N2O6P. The molecule has 8 nitrogen and oxygen atoms in total. The Balaban J connectivity index is 4.56. The average molecular weight is 591 g/mol. The zero-order valence-corrected chi connectivity index (χ0v) is 27.4. The summed E-state index contributed by atoms with van der Waals surface area (Å²) in [5.41, 5.74) is 0. The Bertz CT molecular complexity index is 683. The maximum Gasteiger partial charge on any atom is 0.268 e. The van der Waals surface area contributed by atoms with Crippen LogP contribution in [0.4, 0.5) is 0 Å². The van der Waals surface area contributed by atoms with E-state index in [1.54, 1.807) is 6.08 Å². The van der Waals surface area contributed by atoms with Gasteiger partial charge in [0.15, 0.2) is 0 Å². The minimum atomic E-state index is -4.56. The van der Waals surface area contributed by atoms with E-state index in [-0.39, 0.29) is 19.1 Å². The number of phosphoric acid groups is 1. The molecule has 0 aromatic heterocycles. The highest BCUT2D eigenvalue weighted by atomic mass is 31.2. The van der Waals surface area contributed by atoms with Crippen molar-refractivity contribution < 1.29 is 32.9 Å². The summed E-state index contributed by atoms with van der Waals surface area (Å²) in [6, 6.07) is -0.874. The molecule has 0 saturated heterocycles. The first-order valence-electron chi connectivity index (χ1n) is 16.1. The smallest absolute Gasteiger partial charge is 0.268 e. The largest absolute Gasteiger partial charge is 0.756 e. The maximum absolute atomic E-state index is 12.5. The molecule has 3 atom stereocenters. The summed E-state index contributed by atoms with van der Waals surface area (Å²) < 4.78 is 22.8. The number of carbonyl (C=O) groups excluding carboxylic acids is 1. The first-order valence-corrected chi connectivity index (χ1v) is 17.5. The van der Waals surface area contributed by atoms with Crippen LogP contribution in [0.1, 0.15) is 129 Å². The topological polar surface area (TPSA) is 108 Å². The van der Waals surface area contributed by atoms with Crippen molar-refractivity contribution >= 4 is 13.7 Å². The lowest BCUT2D eigenvalue weighted by Gasteiger charge is -2.29. The number of likely N-dealkylation sites (N-methyl/N-ethyl adjacent to an activating group) is 1. The number of hydrogen-bond donors (Lipinski definition) is 2. The van der Waals surface area contributed by atoms with Crippen LogP contribution in [-0.4, -0.2) is 68.5 Å². The van der Waals surface area contributed by atoms with Crippen molar-refractivity contribution in [1.82, 2.24) is 5.32 Å². The molecule has 0 spiro atoms. The first-order chi connectivity index (χ1) is 19.0. The van der Waals surface area contributed by atoms with Gasteiger partial charge in [0.2, 0.25) is 5.91 Å². The summed E-state index contributed by atoms with van der Waals surface area (Å²) in [7, 11) is 1.26. The van der Waals surface area contributed by atoms with Crippen molar-refractivity contribution in [2.24, 2.45) is 0 Å². The second-order valence-corrected chi connectivity index (χ2v) is 13.6. The number of carbonyl (C=O) groups is 1. The number of nitrogens with zero attached hydrogens (tertiary/aromatic N) is 1. The van der Waals surface area contributed by atoms with E-state index in [1.807, 2.05) is 27.2 Å². The number of hydrogen-bond acceptors (Lipinski definition) is 6. The highest BCUT2D eigenvalue weighted by molar-refractivity contribution is 7.45. The second-order valence-electron chi connectivity index (χ2n) is 12.2. The molecule has 0 bridgehead atoms. The van der Waals surface area contributed by atoms with E-state index in [1.165, 1.54) is 57.8 Å². The van der Waals surface area contributed by atoms with E-state index in [4.69, 9.17) is 9.05 Å². The Labute approximate surface area is 246 Å². The van der Waals surface area contributed by atoms with E-state index < -0.39 is 20.0 Å². The Kier molecular flexibility index (Phi) is 24.3. The monoisotopic (exact) mass is 590 g/mol. The van der Waals surface area contributed by atoms with Gasteiger partial charge >= 0.3 is 0 Å². The SMILES string of the molecule is CCCCCCCCCCCCC/C=C/C(O)C(COP(=O)([O-])OCC[N+](C)(C)C)NC(=O)CCCCCCC. The normalized spacial score (nSPS) is 15.3. The van der Waals surface area contributed by atoms with Gasteiger partial charge in [-0.2, -0.15) is 0 Å². The van der Waals surface area contributed by atoms with E-state index in [2.05, 4.69) is 19.2 Å². The van der Waals surface area contributed by atoms with Crippen LogP contribution >= 0.6 is 7.82 Å².